The van der Waals surface area contributed by atoms with Crippen LogP contribution in [0.3, 0.4) is 0 Å². The SMILES string of the molecule is Cc1ccc(CN2C[C@@H](C(=O)NC(C)(C)CCC(=O)O)CC2=O)cc1. The lowest BCUT2D eigenvalue weighted by atomic mass is 9.96. The molecule has 1 saturated heterocycles. The van der Waals surface area contributed by atoms with Crippen LogP contribution in [0.2, 0.25) is 0 Å². The molecule has 0 unspecified atom stereocenters. The van der Waals surface area contributed by atoms with Gasteiger partial charge in [-0.25, -0.2) is 0 Å². The number of amides is 2. The molecule has 0 saturated carbocycles. The smallest absolute Gasteiger partial charge is 0.303 e. The zero-order valence-corrected chi connectivity index (χ0v) is 15.0. The Labute approximate surface area is 148 Å². The third kappa shape index (κ3) is 5.59. The normalized spacial score (nSPS) is 17.6. The fourth-order valence-electron chi connectivity index (χ4n) is 2.93. The van der Waals surface area contributed by atoms with Crippen molar-refractivity contribution in [1.82, 2.24) is 10.2 Å². The first-order valence-electron chi connectivity index (χ1n) is 8.53. The third-order valence-corrected chi connectivity index (χ3v) is 4.50. The molecule has 1 aromatic rings. The van der Waals surface area contributed by atoms with Gasteiger partial charge >= 0.3 is 5.97 Å². The van der Waals surface area contributed by atoms with Gasteiger partial charge in [0.2, 0.25) is 11.8 Å². The van der Waals surface area contributed by atoms with Crippen LogP contribution in [-0.4, -0.2) is 39.9 Å². The Morgan fingerprint density at radius 1 is 1.28 bits per heavy atom. The molecule has 0 radical (unpaired) electrons. The second kappa shape index (κ2) is 7.68. The van der Waals surface area contributed by atoms with Crippen LogP contribution in [-0.2, 0) is 20.9 Å². The summed E-state index contributed by atoms with van der Waals surface area (Å²) in [6, 6.07) is 7.99. The average molecular weight is 346 g/mol. The number of hydrogen-bond donors (Lipinski definition) is 2. The van der Waals surface area contributed by atoms with Crippen LogP contribution in [0.15, 0.2) is 24.3 Å². The first-order chi connectivity index (χ1) is 11.7. The number of carboxylic acids is 1. The van der Waals surface area contributed by atoms with Gasteiger partial charge in [-0.05, 0) is 32.8 Å². The van der Waals surface area contributed by atoms with Crippen molar-refractivity contribution in [3.05, 3.63) is 35.4 Å². The highest BCUT2D eigenvalue weighted by atomic mass is 16.4. The van der Waals surface area contributed by atoms with Gasteiger partial charge < -0.3 is 15.3 Å². The van der Waals surface area contributed by atoms with Crippen molar-refractivity contribution >= 4 is 17.8 Å². The van der Waals surface area contributed by atoms with Crippen LogP contribution in [0.25, 0.3) is 0 Å². The van der Waals surface area contributed by atoms with Crippen molar-refractivity contribution in [2.24, 2.45) is 5.92 Å². The Morgan fingerprint density at radius 2 is 1.92 bits per heavy atom. The molecule has 0 spiro atoms. The van der Waals surface area contributed by atoms with E-state index in [2.05, 4.69) is 5.32 Å². The number of rotatable bonds is 7. The van der Waals surface area contributed by atoms with E-state index in [1.165, 1.54) is 0 Å². The summed E-state index contributed by atoms with van der Waals surface area (Å²) in [6.07, 6.45) is 0.547. The highest BCUT2D eigenvalue weighted by Crippen LogP contribution is 2.22. The Balaban J connectivity index is 1.91. The van der Waals surface area contributed by atoms with E-state index in [4.69, 9.17) is 5.11 Å². The second-order valence-electron chi connectivity index (χ2n) is 7.43. The Kier molecular flexibility index (Phi) is 5.82. The first kappa shape index (κ1) is 19.0. The molecule has 136 valence electrons. The number of nitrogens with one attached hydrogen (secondary N) is 1. The number of aryl methyl sites for hydroxylation is 1. The minimum Gasteiger partial charge on any atom is -0.481 e. The molecule has 2 rings (SSSR count). The number of hydrogen-bond acceptors (Lipinski definition) is 3. The zero-order valence-electron chi connectivity index (χ0n) is 15.0. The van der Waals surface area contributed by atoms with E-state index in [-0.39, 0.29) is 30.6 Å². The number of carbonyl (C=O) groups excluding carboxylic acids is 2. The Bertz CT molecular complexity index is 652. The lowest BCUT2D eigenvalue weighted by Gasteiger charge is -2.27. The molecule has 1 fully saturated rings. The Morgan fingerprint density at radius 3 is 2.52 bits per heavy atom. The van der Waals surface area contributed by atoms with Gasteiger partial charge in [-0.2, -0.15) is 0 Å². The van der Waals surface area contributed by atoms with Gasteiger partial charge in [0.1, 0.15) is 0 Å². The number of carboxylic acid groups (broad SMARTS) is 1. The van der Waals surface area contributed by atoms with Crippen LogP contribution in [0.1, 0.15) is 44.2 Å². The van der Waals surface area contributed by atoms with E-state index < -0.39 is 11.5 Å². The van der Waals surface area contributed by atoms with Gasteiger partial charge in [0.25, 0.3) is 0 Å². The summed E-state index contributed by atoms with van der Waals surface area (Å²) in [7, 11) is 0. The van der Waals surface area contributed by atoms with Crippen LogP contribution >= 0.6 is 0 Å². The fourth-order valence-corrected chi connectivity index (χ4v) is 2.93. The van der Waals surface area contributed by atoms with E-state index in [1.54, 1.807) is 18.7 Å². The van der Waals surface area contributed by atoms with Crippen molar-refractivity contribution in [3.63, 3.8) is 0 Å². The van der Waals surface area contributed by atoms with Crippen molar-refractivity contribution in [3.8, 4) is 0 Å². The van der Waals surface area contributed by atoms with E-state index in [0.29, 0.717) is 19.5 Å². The molecule has 0 bridgehead atoms. The van der Waals surface area contributed by atoms with Gasteiger partial charge in [-0.3, -0.25) is 14.4 Å². The predicted octanol–water partition coefficient (Wildman–Crippen LogP) is 2.10. The van der Waals surface area contributed by atoms with Gasteiger partial charge in [0.05, 0.1) is 5.92 Å². The van der Waals surface area contributed by atoms with E-state index >= 15 is 0 Å². The molecule has 1 heterocycles. The summed E-state index contributed by atoms with van der Waals surface area (Å²) in [5.41, 5.74) is 1.60. The van der Waals surface area contributed by atoms with E-state index in [0.717, 1.165) is 11.1 Å². The summed E-state index contributed by atoms with van der Waals surface area (Å²) < 4.78 is 0. The highest BCUT2D eigenvalue weighted by molar-refractivity contribution is 5.89. The van der Waals surface area contributed by atoms with Crippen LogP contribution < -0.4 is 5.32 Å². The summed E-state index contributed by atoms with van der Waals surface area (Å²) in [5, 5.41) is 11.7. The van der Waals surface area contributed by atoms with Crippen molar-refractivity contribution in [2.75, 3.05) is 6.54 Å². The maximum absolute atomic E-state index is 12.5. The lowest BCUT2D eigenvalue weighted by Crippen LogP contribution is -2.46. The van der Waals surface area contributed by atoms with Gasteiger partial charge in [-0.1, -0.05) is 29.8 Å². The molecule has 2 N–H and O–H groups in total. The zero-order chi connectivity index (χ0) is 18.6. The molecule has 1 aliphatic rings. The molecule has 1 atom stereocenters. The van der Waals surface area contributed by atoms with Crippen LogP contribution in [0, 0.1) is 12.8 Å². The highest BCUT2D eigenvalue weighted by Gasteiger charge is 2.36. The maximum atomic E-state index is 12.5. The third-order valence-electron chi connectivity index (χ3n) is 4.50. The fraction of sp³-hybridized carbons (Fsp3) is 0.526. The average Bonchev–Trinajstić information content (AvgIpc) is 2.89. The number of benzene rings is 1. The van der Waals surface area contributed by atoms with Gasteiger partial charge in [0.15, 0.2) is 0 Å². The van der Waals surface area contributed by atoms with Crippen LogP contribution in [0.4, 0.5) is 0 Å². The van der Waals surface area contributed by atoms with Crippen LogP contribution in [0.5, 0.6) is 0 Å². The molecule has 0 aromatic heterocycles. The maximum Gasteiger partial charge on any atom is 0.303 e. The van der Waals surface area contributed by atoms with E-state index in [9.17, 15) is 14.4 Å². The van der Waals surface area contributed by atoms with Gasteiger partial charge in [-0.15, -0.1) is 0 Å². The summed E-state index contributed by atoms with van der Waals surface area (Å²) in [6.45, 7) is 6.51. The largest absolute Gasteiger partial charge is 0.481 e. The van der Waals surface area contributed by atoms with Crippen molar-refractivity contribution in [1.29, 1.82) is 0 Å². The second-order valence-corrected chi connectivity index (χ2v) is 7.43. The lowest BCUT2D eigenvalue weighted by molar-refractivity contribution is -0.138. The quantitative estimate of drug-likeness (QED) is 0.791. The molecule has 25 heavy (non-hydrogen) atoms. The number of nitrogens with zero attached hydrogens (tertiary/aromatic N) is 1. The number of carbonyl (C=O) groups is 3. The monoisotopic (exact) mass is 346 g/mol. The Hall–Kier alpha value is -2.37. The predicted molar refractivity (Wildman–Crippen MR) is 93.8 cm³/mol. The minimum atomic E-state index is -0.886. The molecule has 6 heteroatoms. The summed E-state index contributed by atoms with van der Waals surface area (Å²) >= 11 is 0. The standard InChI is InChI=1S/C19H26N2O4/c1-13-4-6-14(7-5-13)11-21-12-15(10-16(21)22)18(25)20-19(2,3)9-8-17(23)24/h4-7,15H,8-12H2,1-3H3,(H,20,25)(H,23,24)/t15-/m0/s1. The molecular weight excluding hydrogens is 320 g/mol. The molecule has 0 aliphatic carbocycles. The number of aliphatic carboxylic acids is 1. The van der Waals surface area contributed by atoms with Gasteiger partial charge in [0, 0.05) is 31.5 Å². The van der Waals surface area contributed by atoms with E-state index in [1.807, 2.05) is 31.2 Å². The molecular formula is C19H26N2O4. The molecule has 2 amide bonds. The number of likely N-dealkylation sites (tertiary alicyclic amines) is 1. The molecule has 1 aromatic carbocycles. The van der Waals surface area contributed by atoms with Crippen molar-refractivity contribution in [2.45, 2.75) is 52.1 Å². The topological polar surface area (TPSA) is 86.7 Å². The minimum absolute atomic E-state index is 0.00355. The molecule has 6 nitrogen and oxygen atoms in total. The molecule has 1 aliphatic heterocycles. The summed E-state index contributed by atoms with van der Waals surface area (Å²) in [5.74, 6) is -1.48. The summed E-state index contributed by atoms with van der Waals surface area (Å²) in [4.78, 5) is 37.1. The first-order valence-corrected chi connectivity index (χ1v) is 8.53. The van der Waals surface area contributed by atoms with Crippen molar-refractivity contribution < 1.29 is 19.5 Å².